The Bertz CT molecular complexity index is 719. The maximum Gasteiger partial charge on any atom is 0.341 e. The number of halogens is 2. The molecule has 2 fully saturated rings. The number of carbonyl (C=O) groups excluding carboxylic acids is 1. The number of alkyl halides is 2. The average molecular weight is 373 g/mol. The van der Waals surface area contributed by atoms with Crippen LogP contribution >= 0.6 is 0 Å². The lowest BCUT2D eigenvalue weighted by molar-refractivity contribution is 0.0773. The Balaban J connectivity index is 1.65. The van der Waals surface area contributed by atoms with Gasteiger partial charge in [-0.1, -0.05) is 0 Å². The van der Waals surface area contributed by atoms with Crippen LogP contribution in [0.25, 0.3) is 0 Å². The average Bonchev–Trinajstić information content (AvgIpc) is 3.12. The molecular formula is C16H21F2N3O3S. The van der Waals surface area contributed by atoms with Gasteiger partial charge < -0.3 is 10.2 Å². The third kappa shape index (κ3) is 3.83. The minimum atomic E-state index is -4.63. The van der Waals surface area contributed by atoms with E-state index in [4.69, 9.17) is 0 Å². The zero-order valence-electron chi connectivity index (χ0n) is 13.7. The Morgan fingerprint density at radius 1 is 1.12 bits per heavy atom. The molecule has 1 aromatic rings. The lowest BCUT2D eigenvalue weighted by Gasteiger charge is -2.32. The standard InChI is InChI=1S/C16H21F2N3O3S/c17-16(18)25(23,24)14-3-1-12(2-4-14)15(22)21-8-5-13(11-21)20-9-6-19-7-10-20/h1-4,13,16,19H,5-11H2. The van der Waals surface area contributed by atoms with Crippen LogP contribution in [0.4, 0.5) is 8.78 Å². The van der Waals surface area contributed by atoms with Gasteiger partial charge in [0.05, 0.1) is 4.90 Å². The summed E-state index contributed by atoms with van der Waals surface area (Å²) in [5.41, 5.74) is 0.314. The molecule has 0 radical (unpaired) electrons. The van der Waals surface area contributed by atoms with E-state index >= 15 is 0 Å². The van der Waals surface area contributed by atoms with Gasteiger partial charge in [0.15, 0.2) is 0 Å². The maximum absolute atomic E-state index is 12.6. The molecule has 0 spiro atoms. The Kier molecular flexibility index (Phi) is 5.35. The number of hydrogen-bond donors (Lipinski definition) is 1. The van der Waals surface area contributed by atoms with Crippen molar-refractivity contribution in [2.45, 2.75) is 23.1 Å². The minimum Gasteiger partial charge on any atom is -0.337 e. The van der Waals surface area contributed by atoms with Crippen LogP contribution in [0.2, 0.25) is 0 Å². The molecule has 6 nitrogen and oxygen atoms in total. The van der Waals surface area contributed by atoms with Crippen molar-refractivity contribution in [2.24, 2.45) is 0 Å². The SMILES string of the molecule is O=C(c1ccc(S(=O)(=O)C(F)F)cc1)N1CCC(N2CCNCC2)C1. The van der Waals surface area contributed by atoms with Crippen LogP contribution < -0.4 is 5.32 Å². The third-order valence-electron chi connectivity index (χ3n) is 4.78. The molecule has 25 heavy (non-hydrogen) atoms. The second kappa shape index (κ2) is 7.35. The molecule has 1 unspecified atom stereocenters. The number of amides is 1. The molecule has 0 saturated carbocycles. The van der Waals surface area contributed by atoms with E-state index in [1.165, 1.54) is 12.1 Å². The van der Waals surface area contributed by atoms with E-state index in [0.717, 1.165) is 44.7 Å². The molecule has 9 heteroatoms. The topological polar surface area (TPSA) is 69.7 Å². The second-order valence-corrected chi connectivity index (χ2v) is 8.23. The number of nitrogens with zero attached hydrogens (tertiary/aromatic N) is 2. The van der Waals surface area contributed by atoms with Gasteiger partial charge in [-0.3, -0.25) is 9.69 Å². The first-order valence-electron chi connectivity index (χ1n) is 8.26. The lowest BCUT2D eigenvalue weighted by Crippen LogP contribution is -2.49. The molecule has 2 aliphatic heterocycles. The molecule has 2 aliphatic rings. The van der Waals surface area contributed by atoms with E-state index < -0.39 is 20.5 Å². The summed E-state index contributed by atoms with van der Waals surface area (Å²) in [7, 11) is -4.63. The van der Waals surface area contributed by atoms with Gasteiger partial charge in [-0.05, 0) is 30.7 Å². The highest BCUT2D eigenvalue weighted by Crippen LogP contribution is 2.21. The van der Waals surface area contributed by atoms with Crippen molar-refractivity contribution in [1.82, 2.24) is 15.1 Å². The lowest BCUT2D eigenvalue weighted by atomic mass is 10.2. The monoisotopic (exact) mass is 373 g/mol. The van der Waals surface area contributed by atoms with Gasteiger partial charge in [-0.15, -0.1) is 0 Å². The van der Waals surface area contributed by atoms with Gasteiger partial charge >= 0.3 is 5.76 Å². The zero-order chi connectivity index (χ0) is 18.0. The minimum absolute atomic E-state index is 0.196. The highest BCUT2D eigenvalue weighted by atomic mass is 32.2. The van der Waals surface area contributed by atoms with E-state index in [9.17, 15) is 22.0 Å². The fourth-order valence-corrected chi connectivity index (χ4v) is 4.07. The molecule has 2 heterocycles. The number of carbonyl (C=O) groups is 1. The van der Waals surface area contributed by atoms with Crippen LogP contribution in [0.5, 0.6) is 0 Å². The molecule has 1 aromatic carbocycles. The first-order chi connectivity index (χ1) is 11.9. The maximum atomic E-state index is 12.6. The van der Waals surface area contributed by atoms with Crippen LogP contribution in [-0.4, -0.2) is 75.2 Å². The fraction of sp³-hybridized carbons (Fsp3) is 0.562. The molecule has 0 aromatic heterocycles. The number of nitrogens with one attached hydrogen (secondary N) is 1. The van der Waals surface area contributed by atoms with Gasteiger partial charge in [-0.2, -0.15) is 8.78 Å². The Hall–Kier alpha value is -1.58. The van der Waals surface area contributed by atoms with E-state index in [1.54, 1.807) is 4.90 Å². The molecule has 1 atom stereocenters. The van der Waals surface area contributed by atoms with Crippen molar-refractivity contribution in [2.75, 3.05) is 39.3 Å². The van der Waals surface area contributed by atoms with Crippen LogP contribution in [0.15, 0.2) is 29.2 Å². The van der Waals surface area contributed by atoms with Crippen LogP contribution in [0.1, 0.15) is 16.8 Å². The summed E-state index contributed by atoms with van der Waals surface area (Å²) in [6.45, 7) is 5.11. The van der Waals surface area contributed by atoms with Crippen molar-refractivity contribution in [1.29, 1.82) is 0 Å². The highest BCUT2D eigenvalue weighted by Gasteiger charge is 2.32. The van der Waals surface area contributed by atoms with Gasteiger partial charge in [-0.25, -0.2) is 8.42 Å². The van der Waals surface area contributed by atoms with Crippen molar-refractivity contribution >= 4 is 15.7 Å². The van der Waals surface area contributed by atoms with Gasteiger partial charge in [0.2, 0.25) is 9.84 Å². The van der Waals surface area contributed by atoms with Crippen molar-refractivity contribution in [3.63, 3.8) is 0 Å². The third-order valence-corrected chi connectivity index (χ3v) is 6.18. The highest BCUT2D eigenvalue weighted by molar-refractivity contribution is 7.91. The summed E-state index contributed by atoms with van der Waals surface area (Å²) in [6, 6.07) is 5.08. The number of hydrogen-bond acceptors (Lipinski definition) is 5. The van der Waals surface area contributed by atoms with E-state index in [2.05, 4.69) is 10.2 Å². The van der Waals surface area contributed by atoms with Crippen molar-refractivity contribution < 1.29 is 22.0 Å². The van der Waals surface area contributed by atoms with E-state index in [-0.39, 0.29) is 5.91 Å². The van der Waals surface area contributed by atoms with Crippen molar-refractivity contribution in [3.05, 3.63) is 29.8 Å². The Labute approximate surface area is 145 Å². The van der Waals surface area contributed by atoms with Crippen LogP contribution in [-0.2, 0) is 9.84 Å². The molecule has 3 rings (SSSR count). The molecule has 138 valence electrons. The van der Waals surface area contributed by atoms with Crippen LogP contribution in [0.3, 0.4) is 0 Å². The molecule has 0 bridgehead atoms. The first-order valence-corrected chi connectivity index (χ1v) is 9.80. The zero-order valence-corrected chi connectivity index (χ0v) is 14.5. The quantitative estimate of drug-likeness (QED) is 0.846. The summed E-state index contributed by atoms with van der Waals surface area (Å²) in [5.74, 6) is -3.66. The summed E-state index contributed by atoms with van der Waals surface area (Å²) >= 11 is 0. The summed E-state index contributed by atoms with van der Waals surface area (Å²) in [4.78, 5) is 16.2. The largest absolute Gasteiger partial charge is 0.341 e. The van der Waals surface area contributed by atoms with E-state index in [1.807, 2.05) is 0 Å². The number of benzene rings is 1. The molecule has 1 amide bonds. The second-order valence-electron chi connectivity index (χ2n) is 6.31. The molecular weight excluding hydrogens is 352 g/mol. The number of rotatable bonds is 4. The Morgan fingerprint density at radius 2 is 1.76 bits per heavy atom. The molecule has 2 saturated heterocycles. The van der Waals surface area contributed by atoms with Gasteiger partial charge in [0, 0.05) is 50.9 Å². The normalized spacial score (nSPS) is 22.5. The summed E-state index contributed by atoms with van der Waals surface area (Å²) in [5, 5.41) is 3.30. The number of likely N-dealkylation sites (tertiary alicyclic amines) is 1. The fourth-order valence-electron chi connectivity index (χ4n) is 3.34. The number of piperazine rings is 1. The predicted molar refractivity (Wildman–Crippen MR) is 88.4 cm³/mol. The van der Waals surface area contributed by atoms with E-state index in [0.29, 0.717) is 24.7 Å². The smallest absolute Gasteiger partial charge is 0.337 e. The molecule has 0 aliphatic carbocycles. The van der Waals surface area contributed by atoms with Gasteiger partial charge in [0.1, 0.15) is 0 Å². The summed E-state index contributed by atoms with van der Waals surface area (Å²) in [6.07, 6.45) is 0.906. The number of sulfone groups is 1. The van der Waals surface area contributed by atoms with Crippen LogP contribution in [0, 0.1) is 0 Å². The van der Waals surface area contributed by atoms with Crippen molar-refractivity contribution in [3.8, 4) is 0 Å². The van der Waals surface area contributed by atoms with Gasteiger partial charge in [0.25, 0.3) is 5.91 Å². The molecule has 1 N–H and O–H groups in total. The Morgan fingerprint density at radius 3 is 2.36 bits per heavy atom. The first kappa shape index (κ1) is 18.2. The summed E-state index contributed by atoms with van der Waals surface area (Å²) < 4.78 is 48.0. The predicted octanol–water partition coefficient (Wildman–Crippen LogP) is 0.803.